The highest BCUT2D eigenvalue weighted by Gasteiger charge is 2.53. The fraction of sp³-hybridized carbons (Fsp3) is 0.353. The molecule has 0 radical (unpaired) electrons. The number of carboxylic acid groups (broad SMARTS) is 4. The first-order chi connectivity index (χ1) is 22.4. The fourth-order valence-electron chi connectivity index (χ4n) is 6.80. The van der Waals surface area contributed by atoms with Gasteiger partial charge < -0.3 is 41.0 Å². The van der Waals surface area contributed by atoms with Crippen LogP contribution in [0.2, 0.25) is 0 Å². The largest absolute Gasteiger partial charge is 0.481 e. The Morgan fingerprint density at radius 1 is 0.750 bits per heavy atom. The predicted octanol–water partition coefficient (Wildman–Crippen LogP) is 0.966. The van der Waals surface area contributed by atoms with E-state index in [0.29, 0.717) is 44.3 Å². The molecule has 2 aromatic rings. The predicted molar refractivity (Wildman–Crippen MR) is 172 cm³/mol. The van der Waals surface area contributed by atoms with Crippen molar-refractivity contribution in [1.29, 1.82) is 0 Å². The number of rotatable bonds is 9. The Hall–Kier alpha value is -5.66. The molecule has 0 amide bonds. The second-order valence-corrected chi connectivity index (χ2v) is 12.9. The number of allylic oxidation sites excluding steroid dienone is 2. The van der Waals surface area contributed by atoms with Crippen molar-refractivity contribution >= 4 is 59.7 Å². The van der Waals surface area contributed by atoms with Gasteiger partial charge in [-0.15, -0.1) is 0 Å². The van der Waals surface area contributed by atoms with Crippen LogP contribution in [-0.4, -0.2) is 77.9 Å². The highest BCUT2D eigenvalue weighted by atomic mass is 16.4. The first-order valence-corrected chi connectivity index (χ1v) is 15.2. The number of fused-ring (bicyclic) bond motifs is 8. The minimum atomic E-state index is -1.52. The van der Waals surface area contributed by atoms with Crippen LogP contribution in [0.4, 0.5) is 0 Å². The first-order valence-electron chi connectivity index (χ1n) is 15.2. The SMILES string of the molecule is Cc1c2[nH]c(c1CCC(=O)O)/C=c1\[nH]/c(c(C)c1/C=C/C(=O)O)=C/C1N/C(=C\C3N/C(=C\2)C(=O)[C@]3(C)CC(=O)O)C(=O)[C@]1(C)CC(=O)O. The van der Waals surface area contributed by atoms with Crippen LogP contribution in [0.1, 0.15) is 66.8 Å². The number of carbonyl (C=O) groups is 6. The number of carbonyl (C=O) groups excluding carboxylic acids is 2. The zero-order chi connectivity index (χ0) is 35.3. The third-order valence-corrected chi connectivity index (χ3v) is 9.60. The van der Waals surface area contributed by atoms with Crippen LogP contribution in [0, 0.1) is 24.7 Å². The summed E-state index contributed by atoms with van der Waals surface area (Å²) in [5.74, 6) is -5.71. The molecule has 2 saturated heterocycles. The Morgan fingerprint density at radius 2 is 1.33 bits per heavy atom. The Labute approximate surface area is 273 Å². The lowest BCUT2D eigenvalue weighted by Gasteiger charge is -2.25. The molecule has 5 rings (SSSR count). The van der Waals surface area contributed by atoms with Gasteiger partial charge in [0.1, 0.15) is 0 Å². The van der Waals surface area contributed by atoms with E-state index in [1.54, 1.807) is 26.0 Å². The van der Waals surface area contributed by atoms with E-state index in [-0.39, 0.29) is 24.2 Å². The van der Waals surface area contributed by atoms with E-state index in [9.17, 15) is 49.2 Å². The van der Waals surface area contributed by atoms with Gasteiger partial charge >= 0.3 is 23.9 Å². The molecule has 2 unspecified atom stereocenters. The molecule has 3 aliphatic rings. The van der Waals surface area contributed by atoms with E-state index < -0.39 is 71.2 Å². The van der Waals surface area contributed by atoms with Crippen molar-refractivity contribution in [1.82, 2.24) is 20.6 Å². The van der Waals surface area contributed by atoms with E-state index in [1.165, 1.54) is 32.1 Å². The Kier molecular flexibility index (Phi) is 8.55. The summed E-state index contributed by atoms with van der Waals surface area (Å²) in [6, 6.07) is -1.86. The van der Waals surface area contributed by atoms with Crippen LogP contribution < -0.4 is 21.3 Å². The van der Waals surface area contributed by atoms with Crippen molar-refractivity contribution in [2.75, 3.05) is 0 Å². The number of carboxylic acids is 4. The van der Waals surface area contributed by atoms with Crippen LogP contribution in [0.5, 0.6) is 0 Å². The molecular formula is C34H36N4O10. The van der Waals surface area contributed by atoms with Crippen LogP contribution >= 0.6 is 0 Å². The summed E-state index contributed by atoms with van der Waals surface area (Å²) in [5.41, 5.74) is 0.392. The molecule has 0 saturated carbocycles. The van der Waals surface area contributed by atoms with Gasteiger partial charge in [0.25, 0.3) is 0 Å². The molecule has 8 N–H and O–H groups in total. The quantitative estimate of drug-likeness (QED) is 0.176. The van der Waals surface area contributed by atoms with Crippen molar-refractivity contribution < 1.29 is 49.2 Å². The van der Waals surface area contributed by atoms with E-state index in [4.69, 9.17) is 0 Å². The number of H-pyrrole nitrogens is 2. The van der Waals surface area contributed by atoms with Gasteiger partial charge in [0, 0.05) is 40.1 Å². The average molecular weight is 661 g/mol. The number of aromatic nitrogens is 2. The molecule has 0 aliphatic carbocycles. The number of ketones is 2. The average Bonchev–Trinajstić information content (AvgIpc) is 3.58. The summed E-state index contributed by atoms with van der Waals surface area (Å²) < 4.78 is 0. The van der Waals surface area contributed by atoms with Crippen LogP contribution in [0.25, 0.3) is 24.3 Å². The molecule has 0 aromatic carbocycles. The van der Waals surface area contributed by atoms with Crippen molar-refractivity contribution in [3.63, 3.8) is 0 Å². The van der Waals surface area contributed by atoms with Gasteiger partial charge in [0.05, 0.1) is 47.1 Å². The summed E-state index contributed by atoms with van der Waals surface area (Å²) in [6.45, 7) is 6.50. The lowest BCUT2D eigenvalue weighted by Crippen LogP contribution is -2.39. The lowest BCUT2D eigenvalue weighted by molar-refractivity contribution is -0.143. The smallest absolute Gasteiger partial charge is 0.328 e. The van der Waals surface area contributed by atoms with E-state index in [2.05, 4.69) is 20.6 Å². The zero-order valence-corrected chi connectivity index (χ0v) is 26.7. The topological polar surface area (TPSA) is 239 Å². The molecule has 14 nitrogen and oxygen atoms in total. The van der Waals surface area contributed by atoms with E-state index in [0.717, 1.165) is 6.08 Å². The monoisotopic (exact) mass is 660 g/mol. The molecule has 48 heavy (non-hydrogen) atoms. The molecule has 8 bridgehead atoms. The maximum atomic E-state index is 14.0. The Morgan fingerprint density at radius 3 is 1.92 bits per heavy atom. The summed E-state index contributed by atoms with van der Waals surface area (Å²) in [5, 5.41) is 45.6. The molecule has 3 aliphatic heterocycles. The van der Waals surface area contributed by atoms with Crippen molar-refractivity contribution in [3.8, 4) is 0 Å². The first kappa shape index (κ1) is 33.7. The number of hydrogen-bond donors (Lipinski definition) is 8. The lowest BCUT2D eigenvalue weighted by atomic mass is 9.76. The number of Topliss-reactive ketones (excluding diaryl/α,β-unsaturated/α-hetero) is 2. The highest BCUT2D eigenvalue weighted by Crippen LogP contribution is 2.41. The van der Waals surface area contributed by atoms with E-state index >= 15 is 0 Å². The van der Waals surface area contributed by atoms with Crippen LogP contribution in [-0.2, 0) is 35.2 Å². The van der Waals surface area contributed by atoms with Crippen LogP contribution in [0.15, 0.2) is 23.5 Å². The van der Waals surface area contributed by atoms with Gasteiger partial charge in [-0.05, 0) is 81.2 Å². The summed E-state index contributed by atoms with van der Waals surface area (Å²) >= 11 is 0. The van der Waals surface area contributed by atoms with Gasteiger partial charge in [-0.25, -0.2) is 4.79 Å². The molecule has 252 valence electrons. The highest BCUT2D eigenvalue weighted by molar-refractivity contribution is 6.08. The molecule has 2 fully saturated rings. The van der Waals surface area contributed by atoms with Gasteiger partial charge in [0.2, 0.25) is 0 Å². The minimum absolute atomic E-state index is 0.0200. The van der Waals surface area contributed by atoms with Gasteiger partial charge in [0.15, 0.2) is 11.6 Å². The normalized spacial score (nSPS) is 28.2. The van der Waals surface area contributed by atoms with Crippen LogP contribution in [0.3, 0.4) is 0 Å². The minimum Gasteiger partial charge on any atom is -0.481 e. The number of aromatic amines is 2. The number of aliphatic carboxylic acids is 4. The summed E-state index contributed by atoms with van der Waals surface area (Å²) in [4.78, 5) is 81.4. The molecule has 5 heterocycles. The Balaban J connectivity index is 1.87. The Bertz CT molecular complexity index is 2010. The van der Waals surface area contributed by atoms with Gasteiger partial charge in [-0.1, -0.05) is 0 Å². The zero-order valence-electron chi connectivity index (χ0n) is 26.7. The number of nitrogens with one attached hydrogen (secondary N) is 4. The fourth-order valence-corrected chi connectivity index (χ4v) is 6.80. The second kappa shape index (κ2) is 12.2. The molecule has 4 atom stereocenters. The summed E-state index contributed by atoms with van der Waals surface area (Å²) in [6.07, 6.45) is 7.50. The standard InChI is InChI=1S/C34H36N4O10/c1-15-17(5-7-27(39)40)21-10-22-18(6-8-28(41)42)16(2)20(36-22)11-25-33(3,13-29(43)44)32(48)24(38-25)12-26-34(4,14-30(45)46)31(47)23(37-26)9-19(15)35-21/h6,8-12,25-26,35-38H,5,7,13-14H2,1-4H3,(H,39,40)(H,41,42)(H,43,44)(H,45,46)/b8-6+,20-11+,22-10-,23-9-,24-12-/t25?,26?,33-,34-/m1/s1. The number of hydrogen-bond acceptors (Lipinski definition) is 8. The molecule has 0 spiro atoms. The van der Waals surface area contributed by atoms with Crippen molar-refractivity contribution in [2.45, 2.75) is 65.5 Å². The maximum Gasteiger partial charge on any atom is 0.328 e. The molecule has 14 heteroatoms. The second-order valence-electron chi connectivity index (χ2n) is 12.9. The van der Waals surface area contributed by atoms with E-state index in [1.807, 2.05) is 0 Å². The van der Waals surface area contributed by atoms with Gasteiger partial charge in [-0.3, -0.25) is 24.0 Å². The van der Waals surface area contributed by atoms with Crippen molar-refractivity contribution in [3.05, 3.63) is 67.9 Å². The third kappa shape index (κ3) is 5.96. The van der Waals surface area contributed by atoms with Crippen molar-refractivity contribution in [2.24, 2.45) is 10.8 Å². The summed E-state index contributed by atoms with van der Waals surface area (Å²) in [7, 11) is 0. The van der Waals surface area contributed by atoms with Gasteiger partial charge in [-0.2, -0.15) is 0 Å². The third-order valence-electron chi connectivity index (χ3n) is 9.60. The molecular weight excluding hydrogens is 624 g/mol. The maximum absolute atomic E-state index is 14.0. The molecule has 2 aromatic heterocycles.